The largest absolute Gasteiger partial charge is 0.490 e. The molecule has 134 valence electrons. The summed E-state index contributed by atoms with van der Waals surface area (Å²) in [5, 5.41) is 0. The number of alkyl halides is 3. The second kappa shape index (κ2) is 5.49. The maximum Gasteiger partial charge on any atom is 0.490 e. The molecular formula is C16H23BF3NO3. The predicted molar refractivity (Wildman–Crippen MR) is 83.0 cm³/mol. The highest BCUT2D eigenvalue weighted by molar-refractivity contribution is 6.54. The van der Waals surface area contributed by atoms with Gasteiger partial charge in [-0.05, 0) is 46.0 Å². The van der Waals surface area contributed by atoms with E-state index in [1.165, 1.54) is 4.90 Å². The molecule has 0 spiro atoms. The molecule has 3 aliphatic rings. The molecule has 1 saturated heterocycles. The molecule has 1 amide bonds. The summed E-state index contributed by atoms with van der Waals surface area (Å²) < 4.78 is 49.8. The first-order valence-corrected chi connectivity index (χ1v) is 8.32. The van der Waals surface area contributed by atoms with Gasteiger partial charge in [0.05, 0.1) is 23.0 Å². The highest BCUT2D eigenvalue weighted by Gasteiger charge is 2.60. The summed E-state index contributed by atoms with van der Waals surface area (Å²) in [6, 6.07) is 0. The Bertz CT molecular complexity index is 557. The maximum atomic E-state index is 12.6. The molecule has 1 saturated carbocycles. The lowest BCUT2D eigenvalue weighted by molar-refractivity contribution is -0.157. The lowest BCUT2D eigenvalue weighted by Crippen LogP contribution is -2.41. The molecule has 0 N–H and O–H groups in total. The Morgan fingerprint density at radius 1 is 1.25 bits per heavy atom. The molecule has 2 fully saturated rings. The molecule has 2 aliphatic heterocycles. The molecular weight excluding hydrogens is 322 g/mol. The Labute approximate surface area is 140 Å². The summed E-state index contributed by atoms with van der Waals surface area (Å²) in [6.45, 7) is 8.61. The Hall–Kier alpha value is -1.02. The Morgan fingerprint density at radius 2 is 1.83 bits per heavy atom. The number of hydrogen-bond donors (Lipinski definition) is 0. The van der Waals surface area contributed by atoms with E-state index in [2.05, 4.69) is 0 Å². The molecule has 24 heavy (non-hydrogen) atoms. The first-order chi connectivity index (χ1) is 10.9. The van der Waals surface area contributed by atoms with Gasteiger partial charge in [0.25, 0.3) is 0 Å². The summed E-state index contributed by atoms with van der Waals surface area (Å²) in [4.78, 5) is 13.7. The average Bonchev–Trinajstić information content (AvgIpc) is 3.22. The molecule has 2 unspecified atom stereocenters. The Kier molecular flexibility index (Phi) is 4.07. The van der Waals surface area contributed by atoms with Crippen LogP contribution >= 0.6 is 0 Å². The van der Waals surface area contributed by atoms with E-state index in [1.807, 2.05) is 33.8 Å². The van der Waals surface area contributed by atoms with Gasteiger partial charge in [0.2, 0.25) is 5.91 Å². The zero-order chi connectivity index (χ0) is 17.9. The van der Waals surface area contributed by atoms with Crippen LogP contribution in [0.25, 0.3) is 0 Å². The van der Waals surface area contributed by atoms with Crippen molar-refractivity contribution in [1.29, 1.82) is 0 Å². The van der Waals surface area contributed by atoms with Gasteiger partial charge in [-0.25, -0.2) is 0 Å². The van der Waals surface area contributed by atoms with Gasteiger partial charge in [-0.2, -0.15) is 13.2 Å². The minimum Gasteiger partial charge on any atom is -0.400 e. The van der Waals surface area contributed by atoms with Gasteiger partial charge < -0.3 is 14.2 Å². The number of nitrogens with zero attached hydrogens (tertiary/aromatic N) is 1. The van der Waals surface area contributed by atoms with Crippen LogP contribution in [-0.4, -0.2) is 48.4 Å². The Balaban J connectivity index is 1.59. The van der Waals surface area contributed by atoms with E-state index < -0.39 is 36.3 Å². The van der Waals surface area contributed by atoms with Gasteiger partial charge in [0.15, 0.2) is 0 Å². The summed E-state index contributed by atoms with van der Waals surface area (Å²) in [5.41, 5.74) is 0.0968. The number of carbonyl (C=O) groups excluding carboxylic acids is 1. The summed E-state index contributed by atoms with van der Waals surface area (Å²) in [5.74, 6) is -2.74. The van der Waals surface area contributed by atoms with Gasteiger partial charge in [-0.1, -0.05) is 6.08 Å². The van der Waals surface area contributed by atoms with Crippen LogP contribution < -0.4 is 0 Å². The van der Waals surface area contributed by atoms with E-state index in [0.29, 0.717) is 19.5 Å². The van der Waals surface area contributed by atoms with Crippen LogP contribution in [0.1, 0.15) is 40.5 Å². The molecule has 4 nitrogen and oxygen atoms in total. The first-order valence-electron chi connectivity index (χ1n) is 8.32. The molecule has 0 aromatic heterocycles. The van der Waals surface area contributed by atoms with Gasteiger partial charge in [0.1, 0.15) is 0 Å². The number of rotatable bonds is 2. The molecule has 0 bridgehead atoms. The van der Waals surface area contributed by atoms with Gasteiger partial charge in [-0.3, -0.25) is 4.79 Å². The topological polar surface area (TPSA) is 38.8 Å². The second-order valence-electron chi connectivity index (χ2n) is 7.89. The fourth-order valence-electron chi connectivity index (χ4n) is 3.16. The van der Waals surface area contributed by atoms with Crippen molar-refractivity contribution < 1.29 is 27.3 Å². The highest BCUT2D eigenvalue weighted by atomic mass is 19.4. The summed E-state index contributed by atoms with van der Waals surface area (Å²) in [7, 11) is -0.448. The van der Waals surface area contributed by atoms with Crippen molar-refractivity contribution in [3.63, 3.8) is 0 Å². The average molecular weight is 345 g/mol. The third-order valence-electron chi connectivity index (χ3n) is 5.64. The van der Waals surface area contributed by atoms with E-state index in [1.54, 1.807) is 0 Å². The molecule has 0 aromatic rings. The summed E-state index contributed by atoms with van der Waals surface area (Å²) >= 11 is 0. The highest BCUT2D eigenvalue weighted by Crippen LogP contribution is 2.51. The van der Waals surface area contributed by atoms with E-state index in [-0.39, 0.29) is 12.3 Å². The van der Waals surface area contributed by atoms with Crippen molar-refractivity contribution in [3.05, 3.63) is 11.5 Å². The molecule has 0 aromatic carbocycles. The second-order valence-corrected chi connectivity index (χ2v) is 7.89. The summed E-state index contributed by atoms with van der Waals surface area (Å²) in [6.07, 6.45) is -1.92. The molecule has 3 rings (SSSR count). The van der Waals surface area contributed by atoms with Crippen molar-refractivity contribution in [1.82, 2.24) is 4.90 Å². The van der Waals surface area contributed by atoms with Crippen LogP contribution in [-0.2, 0) is 14.1 Å². The molecule has 8 heteroatoms. The van der Waals surface area contributed by atoms with Gasteiger partial charge >= 0.3 is 13.3 Å². The third-order valence-corrected chi connectivity index (χ3v) is 5.64. The van der Waals surface area contributed by atoms with E-state index in [0.717, 1.165) is 5.47 Å². The molecule has 2 atom stereocenters. The van der Waals surface area contributed by atoms with Crippen LogP contribution in [0, 0.1) is 11.8 Å². The quantitative estimate of drug-likeness (QED) is 0.723. The fraction of sp³-hybridized carbons (Fsp3) is 0.812. The SMILES string of the molecule is CC1(C)OB(C2=CCN(C(=O)C3CC3C(F)(F)F)CC2)OC1(C)C. The lowest BCUT2D eigenvalue weighted by atomic mass is 9.74. The fourth-order valence-corrected chi connectivity index (χ4v) is 3.16. The first kappa shape index (κ1) is 17.8. The predicted octanol–water partition coefficient (Wildman–Crippen LogP) is 2.97. The maximum absolute atomic E-state index is 12.6. The smallest absolute Gasteiger partial charge is 0.400 e. The van der Waals surface area contributed by atoms with Gasteiger partial charge in [0, 0.05) is 13.1 Å². The van der Waals surface area contributed by atoms with E-state index in [4.69, 9.17) is 9.31 Å². The van der Waals surface area contributed by atoms with Crippen molar-refractivity contribution in [2.75, 3.05) is 13.1 Å². The molecule has 1 aliphatic carbocycles. The third kappa shape index (κ3) is 3.10. The van der Waals surface area contributed by atoms with Crippen molar-refractivity contribution >= 4 is 13.0 Å². The van der Waals surface area contributed by atoms with Crippen LogP contribution in [0.5, 0.6) is 0 Å². The van der Waals surface area contributed by atoms with Crippen molar-refractivity contribution in [2.45, 2.75) is 57.9 Å². The number of halogens is 3. The van der Waals surface area contributed by atoms with Crippen LogP contribution in [0.3, 0.4) is 0 Å². The van der Waals surface area contributed by atoms with E-state index >= 15 is 0 Å². The lowest BCUT2D eigenvalue weighted by Gasteiger charge is -2.32. The number of hydrogen-bond acceptors (Lipinski definition) is 3. The van der Waals surface area contributed by atoms with Gasteiger partial charge in [-0.15, -0.1) is 0 Å². The monoisotopic (exact) mass is 345 g/mol. The minimum absolute atomic E-state index is 0.0768. The van der Waals surface area contributed by atoms with Crippen molar-refractivity contribution in [2.24, 2.45) is 11.8 Å². The molecule has 0 radical (unpaired) electrons. The van der Waals surface area contributed by atoms with Crippen LogP contribution in [0.4, 0.5) is 13.2 Å². The zero-order valence-corrected chi connectivity index (χ0v) is 14.4. The molecule has 2 heterocycles. The standard InChI is InChI=1S/C16H23BF3NO3/c1-14(2)15(3,4)24-17(23-14)10-5-7-21(8-6-10)13(22)11-9-12(11)16(18,19)20/h5,11-12H,6-9H2,1-4H3. The Morgan fingerprint density at radius 3 is 2.25 bits per heavy atom. The number of amides is 1. The van der Waals surface area contributed by atoms with Crippen LogP contribution in [0.15, 0.2) is 11.5 Å². The zero-order valence-electron chi connectivity index (χ0n) is 14.4. The van der Waals surface area contributed by atoms with E-state index in [9.17, 15) is 18.0 Å². The number of carbonyl (C=O) groups is 1. The normalized spacial score (nSPS) is 31.9. The van der Waals surface area contributed by atoms with Crippen molar-refractivity contribution in [3.8, 4) is 0 Å². The van der Waals surface area contributed by atoms with Crippen LogP contribution in [0.2, 0.25) is 0 Å². The minimum atomic E-state index is -4.26.